The minimum absolute atomic E-state index is 0.470. The van der Waals surface area contributed by atoms with Gasteiger partial charge in [0.15, 0.2) is 0 Å². The van der Waals surface area contributed by atoms with Crippen molar-refractivity contribution < 1.29 is 8.76 Å². The normalized spacial score (nSPS) is 23.1. The molecule has 4 heteroatoms. The fourth-order valence-electron chi connectivity index (χ4n) is 0.990. The average Bonchev–Trinajstić information content (AvgIpc) is 2.12. The first-order valence-electron chi connectivity index (χ1n) is 3.45. The summed E-state index contributed by atoms with van der Waals surface area (Å²) >= 11 is -1.81. The zero-order valence-electron chi connectivity index (χ0n) is 5.75. The summed E-state index contributed by atoms with van der Waals surface area (Å²) in [5.74, 6) is 0. The van der Waals surface area contributed by atoms with Gasteiger partial charge in [0.2, 0.25) is 11.1 Å². The smallest absolute Gasteiger partial charge is 0.200 e. The first kappa shape index (κ1) is 7.88. The van der Waals surface area contributed by atoms with Gasteiger partial charge in [0.25, 0.3) is 0 Å². The highest BCUT2D eigenvalue weighted by molar-refractivity contribution is 7.95. The summed E-state index contributed by atoms with van der Waals surface area (Å²) in [5.41, 5.74) is 0. The van der Waals surface area contributed by atoms with Crippen molar-refractivity contribution in [3.63, 3.8) is 0 Å². The summed E-state index contributed by atoms with van der Waals surface area (Å²) < 4.78 is 19.1. The number of nitrogens with zero attached hydrogens (tertiary/aromatic N) is 1. The Morgan fingerprint density at radius 1 is 1.40 bits per heavy atom. The van der Waals surface area contributed by atoms with Crippen LogP contribution < -0.4 is 0 Å². The molecule has 0 saturated heterocycles. The molecule has 1 atom stereocenters. The second kappa shape index (κ2) is 3.83. The minimum Gasteiger partial charge on any atom is -0.301 e. The van der Waals surface area contributed by atoms with Gasteiger partial charge in [-0.2, -0.15) is 0 Å². The van der Waals surface area contributed by atoms with E-state index in [0.29, 0.717) is 11.5 Å². The maximum absolute atomic E-state index is 10.5. The summed E-state index contributed by atoms with van der Waals surface area (Å²) in [6.07, 6.45) is 3.89. The fourth-order valence-corrected chi connectivity index (χ4v) is 1.51. The molecule has 0 aromatic heterocycles. The van der Waals surface area contributed by atoms with E-state index in [1.165, 1.54) is 0 Å². The summed E-state index contributed by atoms with van der Waals surface area (Å²) in [6, 6.07) is 0. The van der Waals surface area contributed by atoms with E-state index in [2.05, 4.69) is 4.99 Å². The molecule has 0 aromatic rings. The van der Waals surface area contributed by atoms with E-state index < -0.39 is 11.1 Å². The Labute approximate surface area is 62.8 Å². The van der Waals surface area contributed by atoms with E-state index in [1.807, 2.05) is 0 Å². The summed E-state index contributed by atoms with van der Waals surface area (Å²) in [5, 5.41) is 0.470. The molecule has 58 valence electrons. The standard InChI is InChI=1S/C6H11NO2S/c8-10(9)6-4-2-1-3-5-7-6/h1-5H2,(H,8,9). The van der Waals surface area contributed by atoms with Crippen molar-refractivity contribution in [1.29, 1.82) is 0 Å². The molecule has 1 aliphatic rings. The molecule has 10 heavy (non-hydrogen) atoms. The van der Waals surface area contributed by atoms with Gasteiger partial charge in [-0.3, -0.25) is 4.99 Å². The lowest BCUT2D eigenvalue weighted by Crippen LogP contribution is -2.04. The number of rotatable bonds is 0. The Kier molecular flexibility index (Phi) is 3.02. The van der Waals surface area contributed by atoms with Crippen LogP contribution in [0.1, 0.15) is 25.7 Å². The second-order valence-corrected chi connectivity index (χ2v) is 3.30. The summed E-state index contributed by atoms with van der Waals surface area (Å²) in [7, 11) is 0. The maximum Gasteiger partial charge on any atom is 0.200 e. The monoisotopic (exact) mass is 161 g/mol. The number of aliphatic imine (C=N–C) groups is 1. The molecule has 3 nitrogen and oxygen atoms in total. The Bertz CT molecular complexity index is 167. The Morgan fingerprint density at radius 2 is 2.20 bits per heavy atom. The predicted molar refractivity (Wildman–Crippen MR) is 41.5 cm³/mol. The quantitative estimate of drug-likeness (QED) is 0.542. The lowest BCUT2D eigenvalue weighted by atomic mass is 10.2. The molecule has 0 amide bonds. The highest BCUT2D eigenvalue weighted by atomic mass is 32.2. The zero-order chi connectivity index (χ0) is 7.40. The van der Waals surface area contributed by atoms with Crippen LogP contribution in [-0.2, 0) is 11.1 Å². The van der Waals surface area contributed by atoms with Crippen LogP contribution in [0.3, 0.4) is 0 Å². The highest BCUT2D eigenvalue weighted by Gasteiger charge is 2.08. The van der Waals surface area contributed by atoms with Crippen molar-refractivity contribution in [2.75, 3.05) is 6.54 Å². The third-order valence-electron chi connectivity index (χ3n) is 1.54. The van der Waals surface area contributed by atoms with Crippen molar-refractivity contribution in [2.24, 2.45) is 4.99 Å². The van der Waals surface area contributed by atoms with Crippen molar-refractivity contribution >= 4 is 16.1 Å². The zero-order valence-corrected chi connectivity index (χ0v) is 6.56. The second-order valence-electron chi connectivity index (χ2n) is 2.34. The first-order chi connectivity index (χ1) is 4.80. The van der Waals surface area contributed by atoms with Gasteiger partial charge in [0, 0.05) is 13.0 Å². The molecule has 0 bridgehead atoms. The molecule has 0 fully saturated rings. The van der Waals surface area contributed by atoms with Gasteiger partial charge in [0.1, 0.15) is 5.04 Å². The lowest BCUT2D eigenvalue weighted by Gasteiger charge is -1.94. The van der Waals surface area contributed by atoms with E-state index in [1.54, 1.807) is 0 Å². The first-order valence-corrected chi connectivity index (χ1v) is 4.55. The Balaban J connectivity index is 2.54. The van der Waals surface area contributed by atoms with Gasteiger partial charge in [-0.1, -0.05) is 6.42 Å². The van der Waals surface area contributed by atoms with E-state index in [0.717, 1.165) is 25.8 Å². The summed E-state index contributed by atoms with van der Waals surface area (Å²) in [6.45, 7) is 0.724. The van der Waals surface area contributed by atoms with Gasteiger partial charge in [-0.15, -0.1) is 0 Å². The fraction of sp³-hybridized carbons (Fsp3) is 0.833. The SMILES string of the molecule is O=S(O)C1=NCCCCC1. The van der Waals surface area contributed by atoms with Gasteiger partial charge in [0.05, 0.1) is 0 Å². The van der Waals surface area contributed by atoms with Gasteiger partial charge >= 0.3 is 0 Å². The molecule has 1 unspecified atom stereocenters. The third kappa shape index (κ3) is 2.19. The molecule has 0 aliphatic carbocycles. The average molecular weight is 161 g/mol. The minimum atomic E-state index is -1.81. The topological polar surface area (TPSA) is 49.7 Å². The van der Waals surface area contributed by atoms with Gasteiger partial charge in [-0.25, -0.2) is 4.21 Å². The number of hydrogen-bond donors (Lipinski definition) is 1. The molecule has 0 aromatic carbocycles. The van der Waals surface area contributed by atoms with Crippen LogP contribution in [0.4, 0.5) is 0 Å². The van der Waals surface area contributed by atoms with E-state index >= 15 is 0 Å². The number of hydrogen-bond acceptors (Lipinski definition) is 2. The van der Waals surface area contributed by atoms with Crippen molar-refractivity contribution in [3.05, 3.63) is 0 Å². The molecule has 0 spiro atoms. The molecule has 1 heterocycles. The molecule has 0 radical (unpaired) electrons. The highest BCUT2D eigenvalue weighted by Crippen LogP contribution is 2.08. The lowest BCUT2D eigenvalue weighted by molar-refractivity contribution is 0.576. The largest absolute Gasteiger partial charge is 0.301 e. The Morgan fingerprint density at radius 3 is 2.90 bits per heavy atom. The van der Waals surface area contributed by atoms with Crippen LogP contribution in [0.2, 0.25) is 0 Å². The van der Waals surface area contributed by atoms with Crippen LogP contribution in [0.5, 0.6) is 0 Å². The van der Waals surface area contributed by atoms with E-state index in [4.69, 9.17) is 4.55 Å². The van der Waals surface area contributed by atoms with Gasteiger partial charge in [-0.05, 0) is 12.8 Å². The maximum atomic E-state index is 10.5. The van der Waals surface area contributed by atoms with E-state index in [9.17, 15) is 4.21 Å². The molecule has 0 saturated carbocycles. The van der Waals surface area contributed by atoms with Crippen molar-refractivity contribution in [1.82, 2.24) is 0 Å². The molecule has 1 N–H and O–H groups in total. The molecular formula is C6H11NO2S. The van der Waals surface area contributed by atoms with Crippen LogP contribution in [0, 0.1) is 0 Å². The predicted octanol–water partition coefficient (Wildman–Crippen LogP) is 1.18. The molecule has 1 rings (SSSR count). The summed E-state index contributed by atoms with van der Waals surface area (Å²) in [4.78, 5) is 3.99. The van der Waals surface area contributed by atoms with Crippen LogP contribution >= 0.6 is 0 Å². The third-order valence-corrected chi connectivity index (χ3v) is 2.27. The van der Waals surface area contributed by atoms with Crippen molar-refractivity contribution in [3.8, 4) is 0 Å². The van der Waals surface area contributed by atoms with E-state index in [-0.39, 0.29) is 0 Å². The van der Waals surface area contributed by atoms with Crippen LogP contribution in [0.15, 0.2) is 4.99 Å². The van der Waals surface area contributed by atoms with Crippen molar-refractivity contribution in [2.45, 2.75) is 25.7 Å². The van der Waals surface area contributed by atoms with Crippen LogP contribution in [-0.4, -0.2) is 20.4 Å². The van der Waals surface area contributed by atoms with Gasteiger partial charge < -0.3 is 4.55 Å². The Hall–Kier alpha value is -0.220. The van der Waals surface area contributed by atoms with Crippen LogP contribution in [0.25, 0.3) is 0 Å². The molecular weight excluding hydrogens is 150 g/mol. The molecule has 1 aliphatic heterocycles.